The van der Waals surface area contributed by atoms with Crippen LogP contribution in [0, 0.1) is 13.8 Å². The van der Waals surface area contributed by atoms with Crippen LogP contribution in [-0.2, 0) is 16.6 Å². The monoisotopic (exact) mass is 363 g/mol. The van der Waals surface area contributed by atoms with E-state index in [1.165, 1.54) is 0 Å². The van der Waals surface area contributed by atoms with Gasteiger partial charge >= 0.3 is 0 Å². The second-order valence-corrected chi connectivity index (χ2v) is 7.56. The van der Waals surface area contributed by atoms with Crippen molar-refractivity contribution in [2.45, 2.75) is 32.2 Å². The fraction of sp³-hybridized carbons (Fsp3) is 0.333. The molecule has 2 aromatic rings. The molecular weight excluding hydrogens is 342 g/mol. The molecule has 0 saturated heterocycles. The number of ether oxygens (including phenoxy) is 3. The smallest absolute Gasteiger partial charge is 0.244 e. The lowest BCUT2D eigenvalue weighted by Crippen LogP contribution is -2.24. The van der Waals surface area contributed by atoms with Gasteiger partial charge in [-0.05, 0) is 61.7 Å². The minimum absolute atomic E-state index is 0.150. The zero-order valence-electron chi connectivity index (χ0n) is 14.5. The van der Waals surface area contributed by atoms with Gasteiger partial charge in [0.15, 0.2) is 11.5 Å². The van der Waals surface area contributed by atoms with Gasteiger partial charge in [0.25, 0.3) is 0 Å². The van der Waals surface area contributed by atoms with Crippen molar-refractivity contribution >= 4 is 10.0 Å². The quantitative estimate of drug-likeness (QED) is 0.854. The lowest BCUT2D eigenvalue weighted by molar-refractivity contribution is 0.174. The number of nitrogens with one attached hydrogen (secondary N) is 1. The van der Waals surface area contributed by atoms with Crippen LogP contribution in [0.2, 0.25) is 0 Å². The van der Waals surface area contributed by atoms with Crippen molar-refractivity contribution in [2.75, 3.05) is 13.4 Å². The molecule has 0 spiro atoms. The standard InChI is InChI=1S/C18H21NO5S/c1-4-22-17-7-12(2)13(3)8-18(17)25(20,21)19-10-14-5-6-15-16(9-14)24-11-23-15/h5-9,19H,4,10-11H2,1-3H3. The molecule has 1 N–H and O–H groups in total. The predicted molar refractivity (Wildman–Crippen MR) is 93.7 cm³/mol. The normalized spacial score (nSPS) is 13.1. The molecule has 1 aliphatic rings. The molecule has 0 bridgehead atoms. The molecule has 0 radical (unpaired) electrons. The SMILES string of the molecule is CCOc1cc(C)c(C)cc1S(=O)(=O)NCc1ccc2c(c1)OCO2. The highest BCUT2D eigenvalue weighted by atomic mass is 32.2. The first-order chi connectivity index (χ1) is 11.9. The number of rotatable bonds is 6. The number of aryl methyl sites for hydroxylation is 2. The van der Waals surface area contributed by atoms with Crippen molar-refractivity contribution < 1.29 is 22.6 Å². The minimum Gasteiger partial charge on any atom is -0.492 e. The fourth-order valence-corrected chi connectivity index (χ4v) is 3.78. The number of hydrogen-bond acceptors (Lipinski definition) is 5. The molecule has 0 saturated carbocycles. The van der Waals surface area contributed by atoms with Gasteiger partial charge in [-0.25, -0.2) is 13.1 Å². The Hall–Kier alpha value is -2.25. The summed E-state index contributed by atoms with van der Waals surface area (Å²) in [5.74, 6) is 1.65. The van der Waals surface area contributed by atoms with E-state index in [-0.39, 0.29) is 18.2 Å². The van der Waals surface area contributed by atoms with Gasteiger partial charge in [-0.3, -0.25) is 0 Å². The minimum atomic E-state index is -3.71. The maximum Gasteiger partial charge on any atom is 0.244 e. The van der Waals surface area contributed by atoms with Gasteiger partial charge in [0, 0.05) is 6.54 Å². The Balaban J connectivity index is 1.83. The maximum absolute atomic E-state index is 12.8. The molecule has 0 fully saturated rings. The Morgan fingerprint density at radius 3 is 2.56 bits per heavy atom. The lowest BCUT2D eigenvalue weighted by Gasteiger charge is -2.14. The first-order valence-electron chi connectivity index (χ1n) is 8.03. The second kappa shape index (κ2) is 6.93. The van der Waals surface area contributed by atoms with Crippen LogP contribution in [0.25, 0.3) is 0 Å². The van der Waals surface area contributed by atoms with E-state index >= 15 is 0 Å². The molecular formula is C18H21NO5S. The summed E-state index contributed by atoms with van der Waals surface area (Å²) in [7, 11) is -3.71. The average molecular weight is 363 g/mol. The molecule has 6 nitrogen and oxygen atoms in total. The largest absolute Gasteiger partial charge is 0.492 e. The third kappa shape index (κ3) is 3.72. The number of fused-ring (bicyclic) bond motifs is 1. The van der Waals surface area contributed by atoms with E-state index in [9.17, 15) is 8.42 Å². The van der Waals surface area contributed by atoms with E-state index in [1.54, 1.807) is 30.3 Å². The first kappa shape index (κ1) is 17.6. The third-order valence-corrected chi connectivity index (χ3v) is 5.48. The summed E-state index contributed by atoms with van der Waals surface area (Å²) in [6, 6.07) is 8.75. The zero-order valence-corrected chi connectivity index (χ0v) is 15.3. The van der Waals surface area contributed by atoms with E-state index in [0.29, 0.717) is 23.9 Å². The molecule has 134 valence electrons. The van der Waals surface area contributed by atoms with Crippen LogP contribution in [0.1, 0.15) is 23.6 Å². The molecule has 0 aliphatic carbocycles. The molecule has 2 aromatic carbocycles. The Kier molecular flexibility index (Phi) is 4.87. The molecule has 7 heteroatoms. The van der Waals surface area contributed by atoms with Crippen molar-refractivity contribution in [3.63, 3.8) is 0 Å². The molecule has 1 heterocycles. The predicted octanol–water partition coefficient (Wildman–Crippen LogP) is 2.91. The number of hydrogen-bond donors (Lipinski definition) is 1. The molecule has 0 aromatic heterocycles. The van der Waals surface area contributed by atoms with Gasteiger partial charge in [-0.15, -0.1) is 0 Å². The van der Waals surface area contributed by atoms with Crippen molar-refractivity contribution in [3.05, 3.63) is 47.0 Å². The molecule has 0 atom stereocenters. The van der Waals surface area contributed by atoms with E-state index in [0.717, 1.165) is 16.7 Å². The first-order valence-corrected chi connectivity index (χ1v) is 9.51. The highest BCUT2D eigenvalue weighted by Gasteiger charge is 2.21. The van der Waals surface area contributed by atoms with E-state index in [4.69, 9.17) is 14.2 Å². The molecule has 0 unspecified atom stereocenters. The Bertz CT molecular complexity index is 893. The molecule has 0 amide bonds. The summed E-state index contributed by atoms with van der Waals surface area (Å²) in [4.78, 5) is 0.151. The van der Waals surface area contributed by atoms with Crippen LogP contribution < -0.4 is 18.9 Å². The summed E-state index contributed by atoms with van der Waals surface area (Å²) in [6.07, 6.45) is 0. The highest BCUT2D eigenvalue weighted by Crippen LogP contribution is 2.33. The van der Waals surface area contributed by atoms with Gasteiger partial charge in [-0.2, -0.15) is 0 Å². The van der Waals surface area contributed by atoms with E-state index in [2.05, 4.69) is 4.72 Å². The van der Waals surface area contributed by atoms with Gasteiger partial charge in [0.05, 0.1) is 6.61 Å². The lowest BCUT2D eigenvalue weighted by atomic mass is 10.1. The fourth-order valence-electron chi connectivity index (χ4n) is 2.55. The molecule has 3 rings (SSSR count). The zero-order chi connectivity index (χ0) is 18.0. The van der Waals surface area contributed by atoms with Crippen LogP contribution in [0.15, 0.2) is 35.2 Å². The van der Waals surface area contributed by atoms with Crippen molar-refractivity contribution in [3.8, 4) is 17.2 Å². The van der Waals surface area contributed by atoms with Gasteiger partial charge < -0.3 is 14.2 Å². The third-order valence-electron chi connectivity index (χ3n) is 4.05. The van der Waals surface area contributed by atoms with Crippen LogP contribution in [-0.4, -0.2) is 21.8 Å². The van der Waals surface area contributed by atoms with Gasteiger partial charge in [0.2, 0.25) is 16.8 Å². The van der Waals surface area contributed by atoms with Crippen LogP contribution in [0.4, 0.5) is 0 Å². The summed E-state index contributed by atoms with van der Waals surface area (Å²) >= 11 is 0. The summed E-state index contributed by atoms with van der Waals surface area (Å²) < 4.78 is 44.2. The Morgan fingerprint density at radius 1 is 1.08 bits per heavy atom. The molecule has 1 aliphatic heterocycles. The van der Waals surface area contributed by atoms with Crippen LogP contribution in [0.5, 0.6) is 17.2 Å². The summed E-state index contributed by atoms with van der Waals surface area (Å²) in [6.45, 7) is 6.36. The Labute approximate surface area is 147 Å². The van der Waals surface area contributed by atoms with Crippen LogP contribution in [0.3, 0.4) is 0 Å². The number of sulfonamides is 1. The van der Waals surface area contributed by atoms with E-state index in [1.807, 2.05) is 20.8 Å². The van der Waals surface area contributed by atoms with Crippen LogP contribution >= 0.6 is 0 Å². The van der Waals surface area contributed by atoms with Crippen molar-refractivity contribution in [2.24, 2.45) is 0 Å². The van der Waals surface area contributed by atoms with Crippen molar-refractivity contribution in [1.82, 2.24) is 4.72 Å². The average Bonchev–Trinajstić information content (AvgIpc) is 3.04. The Morgan fingerprint density at radius 2 is 1.80 bits per heavy atom. The topological polar surface area (TPSA) is 73.9 Å². The van der Waals surface area contributed by atoms with Crippen molar-refractivity contribution in [1.29, 1.82) is 0 Å². The van der Waals surface area contributed by atoms with E-state index < -0.39 is 10.0 Å². The summed E-state index contributed by atoms with van der Waals surface area (Å²) in [5.41, 5.74) is 2.67. The van der Waals surface area contributed by atoms with Gasteiger partial charge in [0.1, 0.15) is 10.6 Å². The second-order valence-electron chi connectivity index (χ2n) is 5.83. The molecule has 25 heavy (non-hydrogen) atoms. The number of benzene rings is 2. The highest BCUT2D eigenvalue weighted by molar-refractivity contribution is 7.89. The summed E-state index contributed by atoms with van der Waals surface area (Å²) in [5, 5.41) is 0. The van der Waals surface area contributed by atoms with Gasteiger partial charge in [-0.1, -0.05) is 6.07 Å². The maximum atomic E-state index is 12.8.